The topological polar surface area (TPSA) is 101 Å². The minimum atomic E-state index is -0.498. The van der Waals surface area contributed by atoms with Gasteiger partial charge in [-0.15, -0.1) is 0 Å². The maximum Gasteiger partial charge on any atom is 0.338 e. The van der Waals surface area contributed by atoms with Crippen LogP contribution in [0.1, 0.15) is 65.8 Å². The first-order chi connectivity index (χ1) is 22.0. The molecule has 240 valence electrons. The minimum absolute atomic E-state index is 0.0514. The van der Waals surface area contributed by atoms with E-state index in [0.717, 1.165) is 36.3 Å². The summed E-state index contributed by atoms with van der Waals surface area (Å²) in [6, 6.07) is 22.5. The second-order valence-electron chi connectivity index (χ2n) is 10.8. The zero-order valence-electron chi connectivity index (χ0n) is 26.2. The van der Waals surface area contributed by atoms with Crippen LogP contribution in [0.2, 0.25) is 0 Å². The van der Waals surface area contributed by atoms with Crippen molar-refractivity contribution in [2.75, 3.05) is 46.1 Å². The fourth-order valence-electron chi connectivity index (χ4n) is 5.04. The van der Waals surface area contributed by atoms with Gasteiger partial charge < -0.3 is 28.6 Å². The molecule has 9 nitrogen and oxygen atoms in total. The number of carbonyl (C=O) groups excluding carboxylic acids is 3. The highest BCUT2D eigenvalue weighted by Crippen LogP contribution is 2.28. The molecule has 0 saturated carbocycles. The number of amides is 1. The first-order valence-corrected chi connectivity index (χ1v) is 15.8. The fraction of sp³-hybridized carbons (Fsp3) is 0.417. The highest BCUT2D eigenvalue weighted by atomic mass is 16.5. The largest absolute Gasteiger partial charge is 0.494 e. The number of likely N-dealkylation sites (tertiary alicyclic amines) is 1. The number of benzene rings is 3. The van der Waals surface area contributed by atoms with Gasteiger partial charge in [-0.1, -0.05) is 36.4 Å². The van der Waals surface area contributed by atoms with Gasteiger partial charge in [0.2, 0.25) is 0 Å². The second-order valence-corrected chi connectivity index (χ2v) is 10.8. The van der Waals surface area contributed by atoms with E-state index in [2.05, 4.69) is 0 Å². The van der Waals surface area contributed by atoms with Gasteiger partial charge >= 0.3 is 11.9 Å². The molecule has 9 heteroatoms. The second kappa shape index (κ2) is 17.7. The molecule has 0 aromatic heterocycles. The van der Waals surface area contributed by atoms with Crippen molar-refractivity contribution < 1.29 is 38.1 Å². The number of unbranched alkanes of at least 4 members (excludes halogenated alkanes) is 1. The van der Waals surface area contributed by atoms with E-state index >= 15 is 0 Å². The molecule has 0 N–H and O–H groups in total. The lowest BCUT2D eigenvalue weighted by Crippen LogP contribution is -2.50. The standard InChI is InChI=1S/C36H43NO8/c1-3-41-34(38)23-27-25-37(26-27)35(39)31-24-29(36(40)42-4-2)18-19-33(31)45-22-12-14-28-13-8-9-17-32(28)44-21-11-10-20-43-30-15-6-5-7-16-30/h5-9,13,15-19,24,27H,3-4,10-12,14,20-23,25-26H2,1-2H3. The molecule has 3 aromatic carbocycles. The van der Waals surface area contributed by atoms with Crippen molar-refractivity contribution in [3.63, 3.8) is 0 Å². The molecule has 0 spiro atoms. The van der Waals surface area contributed by atoms with Gasteiger partial charge in [0.1, 0.15) is 17.2 Å². The average molecular weight is 618 g/mol. The summed E-state index contributed by atoms with van der Waals surface area (Å²) in [5.41, 5.74) is 1.67. The molecular weight excluding hydrogens is 574 g/mol. The molecular formula is C36H43NO8. The Bertz CT molecular complexity index is 1390. The van der Waals surface area contributed by atoms with E-state index in [0.29, 0.717) is 57.3 Å². The number of esters is 2. The van der Waals surface area contributed by atoms with Crippen molar-refractivity contribution in [2.24, 2.45) is 5.92 Å². The molecule has 1 heterocycles. The number of carbonyl (C=O) groups is 3. The Morgan fingerprint density at radius 3 is 2.16 bits per heavy atom. The van der Waals surface area contributed by atoms with Crippen molar-refractivity contribution in [3.8, 4) is 17.2 Å². The van der Waals surface area contributed by atoms with Gasteiger partial charge in [-0.3, -0.25) is 9.59 Å². The Kier molecular flexibility index (Phi) is 13.1. The highest BCUT2D eigenvalue weighted by molar-refractivity contribution is 6.00. The average Bonchev–Trinajstić information content (AvgIpc) is 3.03. The lowest BCUT2D eigenvalue weighted by atomic mass is 9.95. The van der Waals surface area contributed by atoms with E-state index in [1.807, 2.05) is 54.6 Å². The molecule has 4 rings (SSSR count). The van der Waals surface area contributed by atoms with E-state index in [4.69, 9.17) is 23.7 Å². The summed E-state index contributed by atoms with van der Waals surface area (Å²) in [7, 11) is 0. The smallest absolute Gasteiger partial charge is 0.338 e. The van der Waals surface area contributed by atoms with Crippen LogP contribution >= 0.6 is 0 Å². The predicted molar refractivity (Wildman–Crippen MR) is 170 cm³/mol. The van der Waals surface area contributed by atoms with Crippen LogP contribution in [-0.4, -0.2) is 68.9 Å². The van der Waals surface area contributed by atoms with Gasteiger partial charge in [0.15, 0.2) is 0 Å². The number of ether oxygens (including phenoxy) is 5. The Labute approximate surface area is 265 Å². The monoisotopic (exact) mass is 617 g/mol. The van der Waals surface area contributed by atoms with E-state index < -0.39 is 5.97 Å². The summed E-state index contributed by atoms with van der Waals surface area (Å²) in [4.78, 5) is 39.3. The lowest BCUT2D eigenvalue weighted by molar-refractivity contribution is -0.145. The number of para-hydroxylation sites is 2. The van der Waals surface area contributed by atoms with E-state index in [1.165, 1.54) is 6.07 Å². The molecule has 0 bridgehead atoms. The summed E-state index contributed by atoms with van der Waals surface area (Å²) in [6.07, 6.45) is 3.48. The summed E-state index contributed by atoms with van der Waals surface area (Å²) in [5.74, 6) is 1.18. The predicted octanol–water partition coefficient (Wildman–Crippen LogP) is 6.14. The van der Waals surface area contributed by atoms with E-state index in [1.54, 1.807) is 30.9 Å². The normalized spacial score (nSPS) is 12.6. The molecule has 0 unspecified atom stereocenters. The lowest BCUT2D eigenvalue weighted by Gasteiger charge is -2.39. The van der Waals surface area contributed by atoms with Crippen LogP contribution in [0.3, 0.4) is 0 Å². The van der Waals surface area contributed by atoms with Crippen LogP contribution in [0.25, 0.3) is 0 Å². The number of hydrogen-bond donors (Lipinski definition) is 0. The molecule has 0 atom stereocenters. The first-order valence-electron chi connectivity index (χ1n) is 15.8. The fourth-order valence-corrected chi connectivity index (χ4v) is 5.04. The number of aryl methyl sites for hydroxylation is 1. The maximum absolute atomic E-state index is 13.4. The van der Waals surface area contributed by atoms with Crippen LogP contribution in [0, 0.1) is 5.92 Å². The summed E-state index contributed by atoms with van der Waals surface area (Å²) in [5, 5.41) is 0. The zero-order chi connectivity index (χ0) is 31.9. The summed E-state index contributed by atoms with van der Waals surface area (Å²) in [6.45, 7) is 6.56. The van der Waals surface area contributed by atoms with Crippen molar-refractivity contribution in [3.05, 3.63) is 89.5 Å². The van der Waals surface area contributed by atoms with Crippen molar-refractivity contribution in [1.82, 2.24) is 4.90 Å². The van der Waals surface area contributed by atoms with Gasteiger partial charge in [0, 0.05) is 19.0 Å². The van der Waals surface area contributed by atoms with Crippen molar-refractivity contribution in [2.45, 2.75) is 46.0 Å². The third kappa shape index (κ3) is 10.3. The van der Waals surface area contributed by atoms with E-state index in [9.17, 15) is 14.4 Å². The molecule has 0 radical (unpaired) electrons. The van der Waals surface area contributed by atoms with Gasteiger partial charge in [-0.25, -0.2) is 4.79 Å². The Balaban J connectivity index is 1.27. The number of rotatable bonds is 18. The highest BCUT2D eigenvalue weighted by Gasteiger charge is 2.34. The first kappa shape index (κ1) is 33.4. The molecule has 45 heavy (non-hydrogen) atoms. The van der Waals surface area contributed by atoms with Crippen LogP contribution in [-0.2, 0) is 20.7 Å². The van der Waals surface area contributed by atoms with Crippen molar-refractivity contribution in [1.29, 1.82) is 0 Å². The molecule has 1 fully saturated rings. The Hall–Kier alpha value is -4.53. The summed E-state index contributed by atoms with van der Waals surface area (Å²) >= 11 is 0. The molecule has 1 aliphatic rings. The number of hydrogen-bond acceptors (Lipinski definition) is 8. The van der Waals surface area contributed by atoms with Crippen molar-refractivity contribution >= 4 is 17.8 Å². The maximum atomic E-state index is 13.4. The summed E-state index contributed by atoms with van der Waals surface area (Å²) < 4.78 is 28.1. The zero-order valence-corrected chi connectivity index (χ0v) is 26.2. The third-order valence-electron chi connectivity index (χ3n) is 7.35. The van der Waals surface area contributed by atoms with Crippen LogP contribution in [0.5, 0.6) is 17.2 Å². The van der Waals surface area contributed by atoms with Crippen LogP contribution in [0.4, 0.5) is 0 Å². The molecule has 3 aromatic rings. The van der Waals surface area contributed by atoms with Gasteiger partial charge in [-0.2, -0.15) is 0 Å². The molecule has 1 amide bonds. The van der Waals surface area contributed by atoms with E-state index in [-0.39, 0.29) is 36.4 Å². The molecule has 1 saturated heterocycles. The quantitative estimate of drug-likeness (QED) is 0.124. The molecule has 1 aliphatic heterocycles. The van der Waals surface area contributed by atoms with Gasteiger partial charge in [0.25, 0.3) is 5.91 Å². The Morgan fingerprint density at radius 1 is 0.733 bits per heavy atom. The molecule has 0 aliphatic carbocycles. The van der Waals surface area contributed by atoms with Crippen LogP contribution < -0.4 is 14.2 Å². The number of nitrogens with zero attached hydrogens (tertiary/aromatic N) is 1. The Morgan fingerprint density at radius 2 is 1.40 bits per heavy atom. The van der Waals surface area contributed by atoms with Crippen LogP contribution in [0.15, 0.2) is 72.8 Å². The SMILES string of the molecule is CCOC(=O)CC1CN(C(=O)c2cc(C(=O)OCC)ccc2OCCCc2ccccc2OCCCCOc2ccccc2)C1. The third-order valence-corrected chi connectivity index (χ3v) is 7.35. The van der Waals surface area contributed by atoms with Gasteiger partial charge in [0.05, 0.1) is 50.6 Å². The van der Waals surface area contributed by atoms with Gasteiger partial charge in [-0.05, 0) is 81.5 Å². The minimum Gasteiger partial charge on any atom is -0.494 e.